The quantitative estimate of drug-likeness (QED) is 0.799. The van der Waals surface area contributed by atoms with Crippen molar-refractivity contribution in [1.29, 1.82) is 0 Å². The molecule has 1 aromatic carbocycles. The summed E-state index contributed by atoms with van der Waals surface area (Å²) in [5.74, 6) is 0.987. The first-order valence-corrected chi connectivity index (χ1v) is 9.81. The summed E-state index contributed by atoms with van der Waals surface area (Å²) in [6.07, 6.45) is 2.60. The largest absolute Gasteiger partial charge is 0.489 e. The summed E-state index contributed by atoms with van der Waals surface area (Å²) in [4.78, 5) is 16.7. The summed E-state index contributed by atoms with van der Waals surface area (Å²) >= 11 is 0. The molecule has 26 heavy (non-hydrogen) atoms. The predicted octanol–water partition coefficient (Wildman–Crippen LogP) is 4.02. The number of fused-ring (bicyclic) bond motifs is 2. The molecule has 0 bridgehead atoms. The van der Waals surface area contributed by atoms with Crippen molar-refractivity contribution in [3.63, 3.8) is 0 Å². The van der Waals surface area contributed by atoms with Gasteiger partial charge < -0.3 is 19.3 Å². The average molecular weight is 360 g/mol. The Kier molecular flexibility index (Phi) is 5.35. The number of hydrogen-bond acceptors (Lipinski definition) is 4. The lowest BCUT2D eigenvalue weighted by molar-refractivity contribution is 0.0258. The van der Waals surface area contributed by atoms with Crippen molar-refractivity contribution in [3.05, 3.63) is 23.3 Å². The third-order valence-corrected chi connectivity index (χ3v) is 5.02. The van der Waals surface area contributed by atoms with Crippen LogP contribution in [0.15, 0.2) is 12.1 Å². The van der Waals surface area contributed by atoms with E-state index in [0.717, 1.165) is 38.2 Å². The van der Waals surface area contributed by atoms with Gasteiger partial charge in [0.05, 0.1) is 11.7 Å². The average Bonchev–Trinajstić information content (AvgIpc) is 2.76. The number of nitrogens with zero attached hydrogens (tertiary/aromatic N) is 2. The lowest BCUT2D eigenvalue weighted by Gasteiger charge is -2.37. The minimum Gasteiger partial charge on any atom is -0.489 e. The van der Waals surface area contributed by atoms with E-state index in [1.54, 1.807) is 0 Å². The molecule has 2 heterocycles. The van der Waals surface area contributed by atoms with E-state index in [4.69, 9.17) is 9.47 Å². The van der Waals surface area contributed by atoms with Gasteiger partial charge in [-0.3, -0.25) is 0 Å². The van der Waals surface area contributed by atoms with E-state index >= 15 is 0 Å². The first kappa shape index (κ1) is 18.9. The summed E-state index contributed by atoms with van der Waals surface area (Å²) < 4.78 is 11.6. The standard InChI is InChI=1S/C21H32N2O3/c1-6-9-23-15(2)14-25-19-13-17-8-11-22(20(24)26-21(3,4)5)10-7-16(17)12-18(19)23/h12-13,15H,6-11,14H2,1-5H3/t15-/m0/s1. The van der Waals surface area contributed by atoms with Gasteiger partial charge in [0.25, 0.3) is 0 Å². The highest BCUT2D eigenvalue weighted by Crippen LogP contribution is 2.37. The fourth-order valence-corrected chi connectivity index (χ4v) is 3.71. The number of anilines is 1. The molecular formula is C21H32N2O3. The maximum atomic E-state index is 12.4. The number of hydrogen-bond donors (Lipinski definition) is 0. The van der Waals surface area contributed by atoms with Crippen molar-refractivity contribution < 1.29 is 14.3 Å². The Hall–Kier alpha value is -1.91. The molecule has 0 N–H and O–H groups in total. The first-order chi connectivity index (χ1) is 12.3. The number of ether oxygens (including phenoxy) is 2. The molecule has 0 spiro atoms. The highest BCUT2D eigenvalue weighted by molar-refractivity contribution is 5.69. The molecule has 0 saturated carbocycles. The Balaban J connectivity index is 1.80. The van der Waals surface area contributed by atoms with E-state index in [1.807, 2.05) is 25.7 Å². The maximum Gasteiger partial charge on any atom is 0.410 e. The van der Waals surface area contributed by atoms with Crippen molar-refractivity contribution >= 4 is 11.8 Å². The van der Waals surface area contributed by atoms with Gasteiger partial charge in [-0.25, -0.2) is 4.79 Å². The molecule has 2 aliphatic rings. The Morgan fingerprint density at radius 2 is 1.88 bits per heavy atom. The molecule has 0 aromatic heterocycles. The Bertz CT molecular complexity index is 666. The maximum absolute atomic E-state index is 12.4. The summed E-state index contributed by atoms with van der Waals surface area (Å²) in [5, 5.41) is 0. The van der Waals surface area contributed by atoms with Crippen LogP contribution in [-0.4, -0.2) is 48.9 Å². The zero-order valence-corrected chi connectivity index (χ0v) is 16.8. The third kappa shape index (κ3) is 4.08. The fourth-order valence-electron chi connectivity index (χ4n) is 3.71. The molecule has 5 nitrogen and oxygen atoms in total. The van der Waals surface area contributed by atoms with E-state index in [1.165, 1.54) is 16.8 Å². The van der Waals surface area contributed by atoms with E-state index in [0.29, 0.717) is 19.1 Å². The van der Waals surface area contributed by atoms with Crippen LogP contribution >= 0.6 is 0 Å². The molecule has 144 valence electrons. The van der Waals surface area contributed by atoms with Crippen LogP contribution in [0.4, 0.5) is 10.5 Å². The molecule has 1 aromatic rings. The minimum absolute atomic E-state index is 0.215. The molecule has 1 amide bonds. The minimum atomic E-state index is -0.458. The predicted molar refractivity (Wildman–Crippen MR) is 104 cm³/mol. The van der Waals surface area contributed by atoms with Crippen molar-refractivity contribution in [2.45, 2.75) is 65.5 Å². The summed E-state index contributed by atoms with van der Waals surface area (Å²) in [6.45, 7) is 13.3. The molecule has 0 saturated heterocycles. The second-order valence-electron chi connectivity index (χ2n) is 8.41. The van der Waals surface area contributed by atoms with Gasteiger partial charge in [-0.2, -0.15) is 0 Å². The molecule has 0 unspecified atom stereocenters. The van der Waals surface area contributed by atoms with Gasteiger partial charge in [0.1, 0.15) is 18.0 Å². The normalized spacial score (nSPS) is 20.0. The van der Waals surface area contributed by atoms with E-state index in [-0.39, 0.29) is 6.09 Å². The van der Waals surface area contributed by atoms with E-state index < -0.39 is 5.60 Å². The highest BCUT2D eigenvalue weighted by atomic mass is 16.6. The Labute approximate surface area is 157 Å². The van der Waals surface area contributed by atoms with Crippen LogP contribution in [0, 0.1) is 0 Å². The number of rotatable bonds is 2. The molecule has 0 fully saturated rings. The lowest BCUT2D eigenvalue weighted by Crippen LogP contribution is -2.41. The van der Waals surface area contributed by atoms with Crippen LogP contribution in [-0.2, 0) is 17.6 Å². The van der Waals surface area contributed by atoms with Gasteiger partial charge in [-0.1, -0.05) is 6.92 Å². The SMILES string of the molecule is CCCN1c2cc3c(cc2OC[C@@H]1C)CCN(C(=O)OC(C)(C)C)CC3. The summed E-state index contributed by atoms with van der Waals surface area (Å²) in [5.41, 5.74) is 3.37. The molecular weight excluding hydrogens is 328 g/mol. The monoisotopic (exact) mass is 360 g/mol. The van der Waals surface area contributed by atoms with Crippen LogP contribution in [0.1, 0.15) is 52.2 Å². The summed E-state index contributed by atoms with van der Waals surface area (Å²) in [7, 11) is 0. The van der Waals surface area contributed by atoms with Crippen LogP contribution in [0.5, 0.6) is 5.75 Å². The second-order valence-corrected chi connectivity index (χ2v) is 8.41. The topological polar surface area (TPSA) is 42.0 Å². The van der Waals surface area contributed by atoms with Gasteiger partial charge in [0.2, 0.25) is 0 Å². The number of benzene rings is 1. The van der Waals surface area contributed by atoms with E-state index in [2.05, 4.69) is 30.9 Å². The van der Waals surface area contributed by atoms with Gasteiger partial charge >= 0.3 is 6.09 Å². The fraction of sp³-hybridized carbons (Fsp3) is 0.667. The van der Waals surface area contributed by atoms with Crippen LogP contribution < -0.4 is 9.64 Å². The van der Waals surface area contributed by atoms with E-state index in [9.17, 15) is 4.79 Å². The molecule has 2 aliphatic heterocycles. The first-order valence-electron chi connectivity index (χ1n) is 9.81. The number of amides is 1. The van der Waals surface area contributed by atoms with Gasteiger partial charge in [-0.15, -0.1) is 0 Å². The number of carbonyl (C=O) groups excluding carboxylic acids is 1. The van der Waals surface area contributed by atoms with Crippen LogP contribution in [0.25, 0.3) is 0 Å². The Morgan fingerprint density at radius 3 is 2.50 bits per heavy atom. The molecule has 1 atom stereocenters. The van der Waals surface area contributed by atoms with Gasteiger partial charge in [0, 0.05) is 19.6 Å². The number of carbonyl (C=O) groups is 1. The highest BCUT2D eigenvalue weighted by Gasteiger charge is 2.28. The zero-order valence-electron chi connectivity index (χ0n) is 16.8. The zero-order chi connectivity index (χ0) is 18.9. The van der Waals surface area contributed by atoms with Gasteiger partial charge in [0.15, 0.2) is 0 Å². The van der Waals surface area contributed by atoms with Crippen molar-refractivity contribution in [2.24, 2.45) is 0 Å². The third-order valence-electron chi connectivity index (χ3n) is 5.02. The smallest absolute Gasteiger partial charge is 0.410 e. The molecule has 5 heteroatoms. The molecule has 3 rings (SSSR count). The molecule has 0 aliphatic carbocycles. The second kappa shape index (κ2) is 7.37. The van der Waals surface area contributed by atoms with Gasteiger partial charge in [-0.05, 0) is 70.2 Å². The van der Waals surface area contributed by atoms with Crippen molar-refractivity contribution in [2.75, 3.05) is 31.1 Å². The van der Waals surface area contributed by atoms with Crippen molar-refractivity contribution in [3.8, 4) is 5.75 Å². The lowest BCUT2D eigenvalue weighted by atomic mass is 9.99. The van der Waals surface area contributed by atoms with Crippen molar-refractivity contribution in [1.82, 2.24) is 4.90 Å². The van der Waals surface area contributed by atoms with Crippen LogP contribution in [0.2, 0.25) is 0 Å². The summed E-state index contributed by atoms with van der Waals surface area (Å²) in [6, 6.07) is 4.87. The Morgan fingerprint density at radius 1 is 1.23 bits per heavy atom. The molecule has 0 radical (unpaired) electrons. The van der Waals surface area contributed by atoms with Crippen LogP contribution in [0.3, 0.4) is 0 Å².